The van der Waals surface area contributed by atoms with Gasteiger partial charge in [0.2, 0.25) is 5.91 Å². The summed E-state index contributed by atoms with van der Waals surface area (Å²) in [5.41, 5.74) is 2.93. The number of fused-ring (bicyclic) bond motifs is 1. The zero-order valence-corrected chi connectivity index (χ0v) is 11.8. The van der Waals surface area contributed by atoms with E-state index >= 15 is 0 Å². The van der Waals surface area contributed by atoms with Crippen molar-refractivity contribution in [2.24, 2.45) is 0 Å². The van der Waals surface area contributed by atoms with Crippen LogP contribution in [-0.4, -0.2) is 29.4 Å². The van der Waals surface area contributed by atoms with Gasteiger partial charge in [-0.1, -0.05) is 12.6 Å². The van der Waals surface area contributed by atoms with Gasteiger partial charge in [-0.25, -0.2) is 0 Å². The van der Waals surface area contributed by atoms with Crippen LogP contribution in [0.3, 0.4) is 0 Å². The first-order valence-corrected chi connectivity index (χ1v) is 7.13. The number of anilines is 1. The highest BCUT2D eigenvalue weighted by atomic mass is 16.5. The summed E-state index contributed by atoms with van der Waals surface area (Å²) in [7, 11) is 0. The fraction of sp³-hybridized carbons (Fsp3) is 0.375. The molecule has 1 aromatic rings. The first kappa shape index (κ1) is 13.8. The van der Waals surface area contributed by atoms with Crippen molar-refractivity contribution in [1.82, 2.24) is 4.90 Å². The Kier molecular flexibility index (Phi) is 3.75. The summed E-state index contributed by atoms with van der Waals surface area (Å²) in [6.45, 7) is 5.32. The van der Waals surface area contributed by atoms with E-state index in [-0.39, 0.29) is 17.9 Å². The molecule has 110 valence electrons. The van der Waals surface area contributed by atoms with Crippen LogP contribution in [0.15, 0.2) is 30.9 Å². The molecule has 1 aromatic carbocycles. The standard InChI is InChI=1S/C16H18N2O3/c1-2-15(19)18-9-11-5-6-13(8-12(11)10-18)17-16(20)14-4-3-7-21-14/h2,5-6,8,14H,1,3-4,7,9-10H2,(H,17,20)/t14-/m0/s1. The number of carbonyl (C=O) groups is 2. The van der Waals surface area contributed by atoms with Gasteiger partial charge in [0.05, 0.1) is 0 Å². The number of amides is 2. The van der Waals surface area contributed by atoms with E-state index in [0.29, 0.717) is 19.7 Å². The Bertz CT molecular complexity index is 591. The van der Waals surface area contributed by atoms with Crippen LogP contribution in [0.2, 0.25) is 0 Å². The van der Waals surface area contributed by atoms with Crippen LogP contribution < -0.4 is 5.32 Å². The van der Waals surface area contributed by atoms with Gasteiger partial charge < -0.3 is 15.0 Å². The van der Waals surface area contributed by atoms with Gasteiger partial charge >= 0.3 is 0 Å². The highest BCUT2D eigenvalue weighted by molar-refractivity contribution is 5.94. The molecule has 2 aliphatic rings. The summed E-state index contributed by atoms with van der Waals surface area (Å²) in [6, 6.07) is 5.75. The molecule has 0 aromatic heterocycles. The fourth-order valence-electron chi connectivity index (χ4n) is 2.76. The Labute approximate surface area is 123 Å². The summed E-state index contributed by atoms with van der Waals surface area (Å²) in [4.78, 5) is 25.4. The third-order valence-electron chi connectivity index (χ3n) is 3.90. The molecule has 5 nitrogen and oxygen atoms in total. The molecule has 1 fully saturated rings. The Morgan fingerprint density at radius 3 is 2.86 bits per heavy atom. The summed E-state index contributed by atoms with van der Waals surface area (Å²) >= 11 is 0. The largest absolute Gasteiger partial charge is 0.368 e. The quantitative estimate of drug-likeness (QED) is 0.862. The third kappa shape index (κ3) is 2.83. The fourth-order valence-corrected chi connectivity index (χ4v) is 2.76. The number of benzene rings is 1. The van der Waals surface area contributed by atoms with Gasteiger partial charge in [0.1, 0.15) is 6.10 Å². The van der Waals surface area contributed by atoms with Crippen LogP contribution in [-0.2, 0) is 27.4 Å². The topological polar surface area (TPSA) is 58.6 Å². The number of hydrogen-bond donors (Lipinski definition) is 1. The minimum absolute atomic E-state index is 0.0730. The number of ether oxygens (including phenoxy) is 1. The normalized spacial score (nSPS) is 20.2. The van der Waals surface area contributed by atoms with Gasteiger partial charge in [0.15, 0.2) is 0 Å². The predicted octanol–water partition coefficient (Wildman–Crippen LogP) is 1.83. The summed E-state index contributed by atoms with van der Waals surface area (Å²) in [5, 5.41) is 2.88. The van der Waals surface area contributed by atoms with Crippen molar-refractivity contribution in [3.05, 3.63) is 42.0 Å². The average Bonchev–Trinajstić information content (AvgIpc) is 3.15. The molecule has 1 saturated heterocycles. The van der Waals surface area contributed by atoms with Crippen molar-refractivity contribution in [2.45, 2.75) is 32.0 Å². The second-order valence-corrected chi connectivity index (χ2v) is 5.37. The summed E-state index contributed by atoms with van der Waals surface area (Å²) < 4.78 is 5.37. The van der Waals surface area contributed by atoms with Crippen LogP contribution in [0.1, 0.15) is 24.0 Å². The molecule has 5 heteroatoms. The molecule has 2 amide bonds. The Morgan fingerprint density at radius 1 is 1.33 bits per heavy atom. The van der Waals surface area contributed by atoms with Crippen LogP contribution >= 0.6 is 0 Å². The van der Waals surface area contributed by atoms with Crippen LogP contribution in [0.4, 0.5) is 5.69 Å². The molecular weight excluding hydrogens is 268 g/mol. The van der Waals surface area contributed by atoms with Gasteiger partial charge in [-0.3, -0.25) is 9.59 Å². The van der Waals surface area contributed by atoms with E-state index in [1.54, 1.807) is 4.90 Å². The minimum Gasteiger partial charge on any atom is -0.368 e. The van der Waals surface area contributed by atoms with Gasteiger partial charge in [-0.15, -0.1) is 0 Å². The second-order valence-electron chi connectivity index (χ2n) is 5.37. The maximum absolute atomic E-state index is 12.0. The van der Waals surface area contributed by atoms with Gasteiger partial charge in [0, 0.05) is 25.4 Å². The van der Waals surface area contributed by atoms with Crippen molar-refractivity contribution in [3.8, 4) is 0 Å². The molecule has 0 aliphatic carbocycles. The zero-order valence-electron chi connectivity index (χ0n) is 11.8. The smallest absolute Gasteiger partial charge is 0.253 e. The monoisotopic (exact) mass is 286 g/mol. The van der Waals surface area contributed by atoms with Gasteiger partial charge in [-0.2, -0.15) is 0 Å². The van der Waals surface area contributed by atoms with E-state index in [1.165, 1.54) is 6.08 Å². The van der Waals surface area contributed by atoms with E-state index in [4.69, 9.17) is 4.74 Å². The molecule has 3 rings (SSSR count). The highest BCUT2D eigenvalue weighted by Crippen LogP contribution is 2.26. The SMILES string of the molecule is C=CC(=O)N1Cc2ccc(NC(=O)[C@@H]3CCCO3)cc2C1. The molecule has 1 N–H and O–H groups in total. The van der Waals surface area contributed by atoms with Crippen molar-refractivity contribution in [1.29, 1.82) is 0 Å². The lowest BCUT2D eigenvalue weighted by molar-refractivity contribution is -0.126. The number of nitrogens with one attached hydrogen (secondary N) is 1. The first-order chi connectivity index (χ1) is 10.2. The van der Waals surface area contributed by atoms with Gasteiger partial charge in [0.25, 0.3) is 5.91 Å². The van der Waals surface area contributed by atoms with Crippen LogP contribution in [0, 0.1) is 0 Å². The van der Waals surface area contributed by atoms with E-state index in [2.05, 4.69) is 11.9 Å². The number of carbonyl (C=O) groups excluding carboxylic acids is 2. The zero-order chi connectivity index (χ0) is 14.8. The minimum atomic E-state index is -0.336. The Hall–Kier alpha value is -2.14. The number of hydrogen-bond acceptors (Lipinski definition) is 3. The van der Waals surface area contributed by atoms with Crippen LogP contribution in [0.5, 0.6) is 0 Å². The van der Waals surface area contributed by atoms with E-state index in [0.717, 1.165) is 29.7 Å². The molecule has 0 unspecified atom stereocenters. The van der Waals surface area contributed by atoms with Gasteiger partial charge in [-0.05, 0) is 42.2 Å². The molecular formula is C16H18N2O3. The average molecular weight is 286 g/mol. The van der Waals surface area contributed by atoms with Crippen molar-refractivity contribution < 1.29 is 14.3 Å². The van der Waals surface area contributed by atoms with Crippen molar-refractivity contribution in [2.75, 3.05) is 11.9 Å². The molecule has 21 heavy (non-hydrogen) atoms. The van der Waals surface area contributed by atoms with E-state index in [1.807, 2.05) is 18.2 Å². The lowest BCUT2D eigenvalue weighted by Crippen LogP contribution is -2.26. The molecule has 0 radical (unpaired) electrons. The molecule has 0 spiro atoms. The lowest BCUT2D eigenvalue weighted by atomic mass is 10.1. The summed E-state index contributed by atoms with van der Waals surface area (Å²) in [5.74, 6) is -0.166. The molecule has 0 saturated carbocycles. The van der Waals surface area contributed by atoms with Crippen molar-refractivity contribution in [3.63, 3.8) is 0 Å². The van der Waals surface area contributed by atoms with Crippen LogP contribution in [0.25, 0.3) is 0 Å². The van der Waals surface area contributed by atoms with E-state index in [9.17, 15) is 9.59 Å². The number of rotatable bonds is 3. The Morgan fingerprint density at radius 2 is 2.14 bits per heavy atom. The van der Waals surface area contributed by atoms with Crippen molar-refractivity contribution >= 4 is 17.5 Å². The molecule has 2 heterocycles. The second kappa shape index (κ2) is 5.69. The first-order valence-electron chi connectivity index (χ1n) is 7.13. The molecule has 0 bridgehead atoms. The maximum atomic E-state index is 12.0. The molecule has 2 aliphatic heterocycles. The predicted molar refractivity (Wildman–Crippen MR) is 78.5 cm³/mol. The van der Waals surface area contributed by atoms with E-state index < -0.39 is 0 Å². The lowest BCUT2D eigenvalue weighted by Gasteiger charge is -2.12. The number of nitrogens with zero attached hydrogens (tertiary/aromatic N) is 1. The molecule has 1 atom stereocenters. The Balaban J connectivity index is 1.69. The maximum Gasteiger partial charge on any atom is 0.253 e. The highest BCUT2D eigenvalue weighted by Gasteiger charge is 2.25. The third-order valence-corrected chi connectivity index (χ3v) is 3.90. The summed E-state index contributed by atoms with van der Waals surface area (Å²) in [6.07, 6.45) is 2.70.